The topological polar surface area (TPSA) is 58.6 Å². The predicted octanol–water partition coefficient (Wildman–Crippen LogP) is 4.21. The summed E-state index contributed by atoms with van der Waals surface area (Å²) in [6, 6.07) is 12.7. The average Bonchev–Trinajstić information content (AvgIpc) is 2.52. The molecule has 0 amide bonds. The Kier molecular flexibility index (Phi) is 6.32. The molecular formula is C19H22FNO3. The first-order valence-corrected chi connectivity index (χ1v) is 7.92. The molecule has 4 nitrogen and oxygen atoms in total. The number of nitrogens with one attached hydrogen (secondary N) is 1. The average molecular weight is 331 g/mol. The van der Waals surface area contributed by atoms with Gasteiger partial charge in [0.05, 0.1) is 0 Å². The molecule has 128 valence electrons. The lowest BCUT2D eigenvalue weighted by atomic mass is 10.0. The highest BCUT2D eigenvalue weighted by Crippen LogP contribution is 2.22. The van der Waals surface area contributed by atoms with Crippen molar-refractivity contribution >= 4 is 5.97 Å². The van der Waals surface area contributed by atoms with E-state index < -0.39 is 12.0 Å². The van der Waals surface area contributed by atoms with E-state index in [1.807, 2.05) is 26.0 Å². The minimum Gasteiger partial charge on any atom is -0.480 e. The first kappa shape index (κ1) is 17.9. The fourth-order valence-corrected chi connectivity index (χ4v) is 2.33. The molecule has 0 heterocycles. The molecule has 2 aromatic carbocycles. The highest BCUT2D eigenvalue weighted by atomic mass is 19.1. The highest BCUT2D eigenvalue weighted by molar-refractivity contribution is 5.73. The van der Waals surface area contributed by atoms with Crippen LogP contribution in [0.5, 0.6) is 11.5 Å². The van der Waals surface area contributed by atoms with E-state index in [1.165, 1.54) is 12.1 Å². The fourth-order valence-electron chi connectivity index (χ4n) is 2.33. The van der Waals surface area contributed by atoms with Crippen LogP contribution in [0.25, 0.3) is 0 Å². The number of rotatable bonds is 8. The van der Waals surface area contributed by atoms with Gasteiger partial charge >= 0.3 is 5.97 Å². The summed E-state index contributed by atoms with van der Waals surface area (Å²) in [6.45, 7) is 4.45. The second-order valence-electron chi connectivity index (χ2n) is 6.10. The number of carbonyl (C=O) groups is 1. The second kappa shape index (κ2) is 8.45. The summed E-state index contributed by atoms with van der Waals surface area (Å²) in [5.41, 5.74) is 0.955. The van der Waals surface area contributed by atoms with Crippen molar-refractivity contribution in [2.24, 2.45) is 5.92 Å². The Bertz CT molecular complexity index is 671. The molecule has 1 unspecified atom stereocenters. The van der Waals surface area contributed by atoms with Gasteiger partial charge in [-0.3, -0.25) is 4.79 Å². The zero-order valence-corrected chi connectivity index (χ0v) is 13.8. The number of benzene rings is 2. The van der Waals surface area contributed by atoms with E-state index in [9.17, 15) is 14.3 Å². The summed E-state index contributed by atoms with van der Waals surface area (Å²) in [7, 11) is 0. The summed E-state index contributed by atoms with van der Waals surface area (Å²) in [5.74, 6) is 0.152. The van der Waals surface area contributed by atoms with Gasteiger partial charge in [-0.05, 0) is 42.2 Å². The first-order valence-electron chi connectivity index (χ1n) is 7.92. The minimum absolute atomic E-state index is 0.306. The molecule has 24 heavy (non-hydrogen) atoms. The third-order valence-corrected chi connectivity index (χ3v) is 3.51. The van der Waals surface area contributed by atoms with Gasteiger partial charge in [0.15, 0.2) is 0 Å². The Morgan fingerprint density at radius 1 is 1.17 bits per heavy atom. The Morgan fingerprint density at radius 3 is 2.46 bits per heavy atom. The molecule has 5 heteroatoms. The lowest BCUT2D eigenvalue weighted by Crippen LogP contribution is -2.37. The largest absolute Gasteiger partial charge is 0.480 e. The maximum atomic E-state index is 13.1. The van der Waals surface area contributed by atoms with Gasteiger partial charge in [0, 0.05) is 12.6 Å². The third kappa shape index (κ3) is 5.66. The zero-order chi connectivity index (χ0) is 17.5. The predicted molar refractivity (Wildman–Crippen MR) is 90.6 cm³/mol. The number of halogens is 1. The molecule has 2 N–H and O–H groups in total. The number of hydrogen-bond acceptors (Lipinski definition) is 3. The molecule has 1 atom stereocenters. The minimum atomic E-state index is -0.838. The van der Waals surface area contributed by atoms with Gasteiger partial charge in [-0.15, -0.1) is 0 Å². The molecule has 0 bridgehead atoms. The van der Waals surface area contributed by atoms with Crippen LogP contribution in [0, 0.1) is 11.7 Å². The van der Waals surface area contributed by atoms with E-state index >= 15 is 0 Å². The van der Waals surface area contributed by atoms with Gasteiger partial charge < -0.3 is 15.2 Å². The molecule has 0 aliphatic rings. The summed E-state index contributed by atoms with van der Waals surface area (Å²) in [5, 5.41) is 12.3. The van der Waals surface area contributed by atoms with E-state index in [0.717, 1.165) is 5.56 Å². The third-order valence-electron chi connectivity index (χ3n) is 3.51. The van der Waals surface area contributed by atoms with Crippen LogP contribution in [-0.4, -0.2) is 17.1 Å². The van der Waals surface area contributed by atoms with Crippen LogP contribution in [0.15, 0.2) is 48.5 Å². The standard InChI is InChI=1S/C19H22FNO3/c1-13(2)10-18(19(22)23)21-12-14-6-8-16(9-7-14)24-17-5-3-4-15(20)11-17/h3-9,11,13,18,21H,10,12H2,1-2H3,(H,22,23). The number of carboxylic acid groups (broad SMARTS) is 1. The Hall–Kier alpha value is -2.40. The zero-order valence-electron chi connectivity index (χ0n) is 13.8. The SMILES string of the molecule is CC(C)CC(NCc1ccc(Oc2cccc(F)c2)cc1)C(=O)O. The molecule has 0 fully saturated rings. The van der Waals surface area contributed by atoms with Crippen molar-refractivity contribution in [2.45, 2.75) is 32.9 Å². The normalized spacial score (nSPS) is 12.2. The molecule has 0 saturated heterocycles. The Morgan fingerprint density at radius 2 is 1.88 bits per heavy atom. The van der Waals surface area contributed by atoms with E-state index in [2.05, 4.69) is 5.32 Å². The van der Waals surface area contributed by atoms with Crippen LogP contribution >= 0.6 is 0 Å². The summed E-state index contributed by atoms with van der Waals surface area (Å²) in [4.78, 5) is 11.2. The van der Waals surface area contributed by atoms with Crippen molar-refractivity contribution < 1.29 is 19.0 Å². The van der Waals surface area contributed by atoms with Crippen LogP contribution in [0.4, 0.5) is 4.39 Å². The van der Waals surface area contributed by atoms with Crippen molar-refractivity contribution in [3.8, 4) is 11.5 Å². The Balaban J connectivity index is 1.93. The van der Waals surface area contributed by atoms with E-state index in [1.54, 1.807) is 24.3 Å². The van der Waals surface area contributed by atoms with Crippen molar-refractivity contribution in [2.75, 3.05) is 0 Å². The maximum absolute atomic E-state index is 13.1. The van der Waals surface area contributed by atoms with Crippen LogP contribution in [-0.2, 0) is 11.3 Å². The number of carboxylic acids is 1. The van der Waals surface area contributed by atoms with Crippen LogP contribution in [0.3, 0.4) is 0 Å². The van der Waals surface area contributed by atoms with E-state index in [4.69, 9.17) is 4.74 Å². The molecule has 0 radical (unpaired) electrons. The molecule has 2 rings (SSSR count). The lowest BCUT2D eigenvalue weighted by molar-refractivity contribution is -0.140. The van der Waals surface area contributed by atoms with E-state index in [0.29, 0.717) is 30.4 Å². The molecule has 2 aromatic rings. The van der Waals surface area contributed by atoms with Gasteiger partial charge in [0.1, 0.15) is 23.4 Å². The highest BCUT2D eigenvalue weighted by Gasteiger charge is 2.17. The quantitative estimate of drug-likeness (QED) is 0.761. The smallest absolute Gasteiger partial charge is 0.320 e. The molecule has 0 aliphatic carbocycles. The molecule has 0 saturated carbocycles. The van der Waals surface area contributed by atoms with Crippen molar-refractivity contribution in [3.05, 3.63) is 59.9 Å². The molecule has 0 spiro atoms. The maximum Gasteiger partial charge on any atom is 0.320 e. The van der Waals surface area contributed by atoms with Gasteiger partial charge in [-0.2, -0.15) is 0 Å². The van der Waals surface area contributed by atoms with Crippen LogP contribution < -0.4 is 10.1 Å². The van der Waals surface area contributed by atoms with E-state index in [-0.39, 0.29) is 5.82 Å². The van der Waals surface area contributed by atoms with Gasteiger partial charge in [0.2, 0.25) is 0 Å². The molecular weight excluding hydrogens is 309 g/mol. The Labute approximate surface area is 141 Å². The molecule has 0 aromatic heterocycles. The van der Waals surface area contributed by atoms with Crippen molar-refractivity contribution in [1.29, 1.82) is 0 Å². The number of ether oxygens (including phenoxy) is 1. The number of hydrogen-bond donors (Lipinski definition) is 2. The van der Waals surface area contributed by atoms with Crippen LogP contribution in [0.1, 0.15) is 25.8 Å². The molecule has 0 aliphatic heterocycles. The summed E-state index contributed by atoms with van der Waals surface area (Å²) >= 11 is 0. The van der Waals surface area contributed by atoms with Crippen molar-refractivity contribution in [1.82, 2.24) is 5.32 Å². The fraction of sp³-hybridized carbons (Fsp3) is 0.316. The second-order valence-corrected chi connectivity index (χ2v) is 6.10. The lowest BCUT2D eigenvalue weighted by Gasteiger charge is -2.16. The number of aliphatic carboxylic acids is 1. The monoisotopic (exact) mass is 331 g/mol. The van der Waals surface area contributed by atoms with Crippen molar-refractivity contribution in [3.63, 3.8) is 0 Å². The van der Waals surface area contributed by atoms with Gasteiger partial charge in [-0.25, -0.2) is 4.39 Å². The van der Waals surface area contributed by atoms with Gasteiger partial charge in [0.25, 0.3) is 0 Å². The van der Waals surface area contributed by atoms with Crippen LogP contribution in [0.2, 0.25) is 0 Å². The first-order chi connectivity index (χ1) is 11.4. The van der Waals surface area contributed by atoms with Gasteiger partial charge in [-0.1, -0.05) is 32.0 Å². The summed E-state index contributed by atoms with van der Waals surface area (Å²) in [6.07, 6.45) is 0.579. The summed E-state index contributed by atoms with van der Waals surface area (Å²) < 4.78 is 18.7.